The van der Waals surface area contributed by atoms with Crippen molar-refractivity contribution in [1.82, 2.24) is 9.55 Å². The molecule has 0 aliphatic rings. The second kappa shape index (κ2) is 8.59. The predicted octanol–water partition coefficient (Wildman–Crippen LogP) is 4.47. The summed E-state index contributed by atoms with van der Waals surface area (Å²) >= 11 is 7.75. The van der Waals surface area contributed by atoms with E-state index in [0.717, 1.165) is 5.56 Å². The van der Waals surface area contributed by atoms with Crippen LogP contribution in [-0.2, 0) is 16.1 Å². The van der Waals surface area contributed by atoms with Crippen molar-refractivity contribution in [1.29, 1.82) is 0 Å². The number of thioether (sulfide) groups is 1. The van der Waals surface area contributed by atoms with Crippen LogP contribution in [-0.4, -0.2) is 22.6 Å². The Hall–Kier alpha value is -2.31. The van der Waals surface area contributed by atoms with Crippen LogP contribution >= 0.6 is 23.4 Å². The van der Waals surface area contributed by atoms with Crippen molar-refractivity contribution in [3.8, 4) is 0 Å². The van der Waals surface area contributed by atoms with E-state index in [-0.39, 0.29) is 29.7 Å². The number of hydrogen-bond donors (Lipinski definition) is 0. The van der Waals surface area contributed by atoms with Crippen LogP contribution in [0.4, 0.5) is 0 Å². The summed E-state index contributed by atoms with van der Waals surface area (Å²) in [4.78, 5) is 29.2. The molecule has 0 spiro atoms. The van der Waals surface area contributed by atoms with Crippen molar-refractivity contribution >= 4 is 40.2 Å². The smallest absolute Gasteiger partial charge is 0.307 e. The van der Waals surface area contributed by atoms with E-state index in [1.54, 1.807) is 12.1 Å². The zero-order chi connectivity index (χ0) is 19.4. The number of carbonyl (C=O) groups is 1. The number of halogens is 1. The number of ether oxygens (including phenoxy) is 1. The number of fused-ring (bicyclic) bond motifs is 1. The second-order valence-corrected chi connectivity index (χ2v) is 7.69. The lowest BCUT2D eigenvalue weighted by Crippen LogP contribution is -2.25. The fourth-order valence-corrected chi connectivity index (χ4v) is 4.23. The molecule has 0 saturated carbocycles. The van der Waals surface area contributed by atoms with Gasteiger partial charge in [0.25, 0.3) is 5.56 Å². The topological polar surface area (TPSA) is 61.2 Å². The molecule has 140 valence electrons. The maximum atomic E-state index is 13.0. The highest BCUT2D eigenvalue weighted by Gasteiger charge is 2.17. The molecule has 7 heteroatoms. The van der Waals surface area contributed by atoms with Crippen LogP contribution in [0.3, 0.4) is 0 Å². The SMILES string of the molecule is COC(=O)CCn1c(SC(C)c2ccccc2Cl)nc2ccccc2c1=O. The van der Waals surface area contributed by atoms with Gasteiger partial charge in [0.2, 0.25) is 0 Å². The molecule has 2 aromatic carbocycles. The molecule has 0 amide bonds. The van der Waals surface area contributed by atoms with Crippen LogP contribution in [0.5, 0.6) is 0 Å². The first-order valence-corrected chi connectivity index (χ1v) is 9.74. The van der Waals surface area contributed by atoms with Gasteiger partial charge in [0.1, 0.15) is 0 Å². The molecule has 3 aromatic rings. The molecular formula is C20H19ClN2O3S. The average Bonchev–Trinajstić information content (AvgIpc) is 2.67. The highest BCUT2D eigenvalue weighted by atomic mass is 35.5. The van der Waals surface area contributed by atoms with E-state index < -0.39 is 0 Å². The summed E-state index contributed by atoms with van der Waals surface area (Å²) in [5.41, 5.74) is 1.43. The summed E-state index contributed by atoms with van der Waals surface area (Å²) in [5.74, 6) is -0.370. The lowest BCUT2D eigenvalue weighted by molar-refractivity contribution is -0.140. The molecule has 0 saturated heterocycles. The maximum absolute atomic E-state index is 13.0. The molecule has 3 rings (SSSR count). The Morgan fingerprint density at radius 3 is 2.67 bits per heavy atom. The van der Waals surface area contributed by atoms with Crippen molar-refractivity contribution in [2.45, 2.75) is 30.3 Å². The molecule has 1 heterocycles. The van der Waals surface area contributed by atoms with E-state index in [2.05, 4.69) is 4.98 Å². The average molecular weight is 403 g/mol. The highest BCUT2D eigenvalue weighted by Crippen LogP contribution is 2.37. The molecule has 0 aliphatic carbocycles. The molecule has 5 nitrogen and oxygen atoms in total. The van der Waals surface area contributed by atoms with Gasteiger partial charge in [0.15, 0.2) is 5.16 Å². The summed E-state index contributed by atoms with van der Waals surface area (Å²) in [6.07, 6.45) is 0.102. The molecular weight excluding hydrogens is 384 g/mol. The van der Waals surface area contributed by atoms with E-state index in [1.165, 1.54) is 23.4 Å². The van der Waals surface area contributed by atoms with E-state index in [0.29, 0.717) is 21.1 Å². The Balaban J connectivity index is 2.02. The van der Waals surface area contributed by atoms with Gasteiger partial charge in [-0.3, -0.25) is 14.2 Å². The third-order valence-corrected chi connectivity index (χ3v) is 5.69. The summed E-state index contributed by atoms with van der Waals surface area (Å²) in [5, 5.41) is 1.73. The Bertz CT molecular complexity index is 1040. The highest BCUT2D eigenvalue weighted by molar-refractivity contribution is 7.99. The number of rotatable bonds is 6. The largest absolute Gasteiger partial charge is 0.469 e. The molecule has 1 atom stereocenters. The lowest BCUT2D eigenvalue weighted by Gasteiger charge is -2.17. The third kappa shape index (κ3) is 4.34. The summed E-state index contributed by atoms with van der Waals surface area (Å²) in [6.45, 7) is 2.22. The van der Waals surface area contributed by atoms with Crippen molar-refractivity contribution in [2.75, 3.05) is 7.11 Å². The minimum absolute atomic E-state index is 0.0175. The Labute approximate surface area is 166 Å². The summed E-state index contributed by atoms with van der Waals surface area (Å²) in [7, 11) is 1.33. The first-order chi connectivity index (χ1) is 13.0. The van der Waals surface area contributed by atoms with Crippen LogP contribution in [0.1, 0.15) is 24.2 Å². The van der Waals surface area contributed by atoms with Crippen LogP contribution in [0.2, 0.25) is 5.02 Å². The second-order valence-electron chi connectivity index (χ2n) is 5.98. The van der Waals surface area contributed by atoms with E-state index in [4.69, 9.17) is 16.3 Å². The normalized spacial score (nSPS) is 12.1. The molecule has 0 aliphatic heterocycles. The number of carbonyl (C=O) groups excluding carboxylic acids is 1. The van der Waals surface area contributed by atoms with Crippen LogP contribution in [0.25, 0.3) is 10.9 Å². The molecule has 0 radical (unpaired) electrons. The number of nitrogens with zero attached hydrogens (tertiary/aromatic N) is 2. The Morgan fingerprint density at radius 1 is 1.22 bits per heavy atom. The van der Waals surface area contributed by atoms with Crippen LogP contribution in [0.15, 0.2) is 58.5 Å². The third-order valence-electron chi connectivity index (χ3n) is 4.22. The number of para-hydroxylation sites is 1. The van der Waals surface area contributed by atoms with Gasteiger partial charge in [0.05, 0.1) is 24.4 Å². The molecule has 1 aromatic heterocycles. The number of aromatic nitrogens is 2. The van der Waals surface area contributed by atoms with Crippen LogP contribution in [0, 0.1) is 0 Å². The minimum Gasteiger partial charge on any atom is -0.469 e. The molecule has 0 bridgehead atoms. The van der Waals surface area contributed by atoms with Gasteiger partial charge < -0.3 is 4.74 Å². The van der Waals surface area contributed by atoms with Gasteiger partial charge in [-0.25, -0.2) is 4.98 Å². The summed E-state index contributed by atoms with van der Waals surface area (Å²) < 4.78 is 6.25. The number of esters is 1. The maximum Gasteiger partial charge on any atom is 0.307 e. The van der Waals surface area contributed by atoms with Gasteiger partial charge in [-0.2, -0.15) is 0 Å². The standard InChI is InChI=1S/C20H19ClN2O3S/c1-13(14-7-3-5-9-16(14)21)27-20-22-17-10-6-4-8-15(17)19(25)23(20)12-11-18(24)26-2/h3-10,13H,11-12H2,1-2H3. The number of methoxy groups -OCH3 is 1. The van der Waals surface area contributed by atoms with Gasteiger partial charge in [-0.05, 0) is 30.7 Å². The van der Waals surface area contributed by atoms with E-state index >= 15 is 0 Å². The van der Waals surface area contributed by atoms with Crippen molar-refractivity contribution in [3.05, 3.63) is 69.5 Å². The molecule has 1 unspecified atom stereocenters. The van der Waals surface area contributed by atoms with Crippen LogP contribution < -0.4 is 5.56 Å². The zero-order valence-corrected chi connectivity index (χ0v) is 16.6. The first-order valence-electron chi connectivity index (χ1n) is 8.48. The summed E-state index contributed by atoms with van der Waals surface area (Å²) in [6, 6.07) is 14.8. The van der Waals surface area contributed by atoms with Gasteiger partial charge in [0, 0.05) is 16.8 Å². The van der Waals surface area contributed by atoms with Crippen molar-refractivity contribution in [3.63, 3.8) is 0 Å². The first kappa shape index (κ1) is 19.5. The lowest BCUT2D eigenvalue weighted by atomic mass is 10.2. The van der Waals surface area contributed by atoms with E-state index in [9.17, 15) is 9.59 Å². The van der Waals surface area contributed by atoms with Crippen molar-refractivity contribution < 1.29 is 9.53 Å². The van der Waals surface area contributed by atoms with E-state index in [1.807, 2.05) is 43.3 Å². The molecule has 0 N–H and O–H groups in total. The number of benzene rings is 2. The van der Waals surface area contributed by atoms with Gasteiger partial charge in [-0.1, -0.05) is 53.7 Å². The predicted molar refractivity (Wildman–Crippen MR) is 108 cm³/mol. The molecule has 0 fully saturated rings. The zero-order valence-electron chi connectivity index (χ0n) is 15.0. The van der Waals surface area contributed by atoms with Gasteiger partial charge >= 0.3 is 5.97 Å². The van der Waals surface area contributed by atoms with Gasteiger partial charge in [-0.15, -0.1) is 0 Å². The Kier molecular flexibility index (Phi) is 6.19. The Morgan fingerprint density at radius 2 is 1.93 bits per heavy atom. The fourth-order valence-electron chi connectivity index (χ4n) is 2.77. The molecule has 27 heavy (non-hydrogen) atoms. The number of hydrogen-bond acceptors (Lipinski definition) is 5. The van der Waals surface area contributed by atoms with Crippen molar-refractivity contribution in [2.24, 2.45) is 0 Å². The quantitative estimate of drug-likeness (QED) is 0.346. The fraction of sp³-hybridized carbons (Fsp3) is 0.250. The monoisotopic (exact) mass is 402 g/mol. The minimum atomic E-state index is -0.370.